The first kappa shape index (κ1) is 28.2. The second-order valence-corrected chi connectivity index (χ2v) is 10.9. The quantitative estimate of drug-likeness (QED) is 0.308. The summed E-state index contributed by atoms with van der Waals surface area (Å²) in [7, 11) is 0. The first-order valence-electron chi connectivity index (χ1n) is 13.6. The molecule has 2 N–H and O–H groups in total. The summed E-state index contributed by atoms with van der Waals surface area (Å²) in [6, 6.07) is 11.0. The number of hydrogen-bond acceptors (Lipinski definition) is 4. The van der Waals surface area contributed by atoms with E-state index in [2.05, 4.69) is 17.4 Å². The number of amides is 2. The number of aliphatic carboxylic acids is 1. The Morgan fingerprint density at radius 2 is 1.87 bits per heavy atom. The minimum atomic E-state index is -1.21. The fraction of sp³-hybridized carbons (Fsp3) is 0.533. The lowest BCUT2D eigenvalue weighted by atomic mass is 9.77. The van der Waals surface area contributed by atoms with Gasteiger partial charge in [0.05, 0.1) is 25.4 Å². The maximum atomic E-state index is 13.6. The van der Waals surface area contributed by atoms with Gasteiger partial charge in [-0.2, -0.15) is 0 Å². The van der Waals surface area contributed by atoms with Gasteiger partial charge >= 0.3 is 12.0 Å². The Morgan fingerprint density at radius 1 is 1.16 bits per heavy atom. The third-order valence-corrected chi connectivity index (χ3v) is 8.31. The molecule has 2 aliphatic rings. The third kappa shape index (κ3) is 5.94. The van der Waals surface area contributed by atoms with Crippen molar-refractivity contribution in [1.82, 2.24) is 10.2 Å². The van der Waals surface area contributed by atoms with Crippen LogP contribution in [0.25, 0.3) is 0 Å². The SMILES string of the molecule is CCOc1c(C2CC2)ccc([C@@H](C)N(CCOC(C)c2ccccc2Cl)C(=O)NC2(C(=O)O)CCC2)c1C. The number of urea groups is 1. The molecule has 0 bridgehead atoms. The van der Waals surface area contributed by atoms with Crippen molar-refractivity contribution in [3.63, 3.8) is 0 Å². The maximum absolute atomic E-state index is 13.6. The van der Waals surface area contributed by atoms with E-state index in [0.29, 0.717) is 30.4 Å². The molecule has 2 amide bonds. The van der Waals surface area contributed by atoms with Gasteiger partial charge in [-0.15, -0.1) is 0 Å². The molecule has 0 radical (unpaired) electrons. The Morgan fingerprint density at radius 3 is 2.45 bits per heavy atom. The van der Waals surface area contributed by atoms with Gasteiger partial charge in [-0.3, -0.25) is 0 Å². The molecule has 0 aromatic heterocycles. The number of nitrogens with zero attached hydrogens (tertiary/aromatic N) is 1. The zero-order valence-electron chi connectivity index (χ0n) is 22.8. The van der Waals surface area contributed by atoms with E-state index >= 15 is 0 Å². The highest BCUT2D eigenvalue weighted by molar-refractivity contribution is 6.31. The van der Waals surface area contributed by atoms with E-state index in [1.165, 1.54) is 18.4 Å². The Balaban J connectivity index is 1.57. The van der Waals surface area contributed by atoms with Crippen molar-refractivity contribution in [3.05, 3.63) is 63.7 Å². The van der Waals surface area contributed by atoms with Crippen molar-refractivity contribution in [3.8, 4) is 5.75 Å². The molecule has 2 fully saturated rings. The van der Waals surface area contributed by atoms with E-state index in [1.54, 1.807) is 4.90 Å². The van der Waals surface area contributed by atoms with E-state index in [1.807, 2.05) is 52.0 Å². The number of nitrogens with one attached hydrogen (secondary N) is 1. The molecule has 0 spiro atoms. The molecule has 4 rings (SSSR count). The van der Waals surface area contributed by atoms with Crippen LogP contribution in [0.4, 0.5) is 4.79 Å². The van der Waals surface area contributed by atoms with E-state index in [9.17, 15) is 14.7 Å². The molecule has 2 saturated carbocycles. The highest BCUT2D eigenvalue weighted by Crippen LogP contribution is 2.47. The van der Waals surface area contributed by atoms with Gasteiger partial charge in [0.1, 0.15) is 11.3 Å². The van der Waals surface area contributed by atoms with Crippen LogP contribution in [0, 0.1) is 6.92 Å². The van der Waals surface area contributed by atoms with E-state index in [4.69, 9.17) is 21.1 Å². The number of carbonyl (C=O) groups is 2. The summed E-state index contributed by atoms with van der Waals surface area (Å²) < 4.78 is 12.2. The molecule has 8 heteroatoms. The second-order valence-electron chi connectivity index (χ2n) is 10.5. The van der Waals surface area contributed by atoms with E-state index in [-0.39, 0.29) is 25.3 Å². The van der Waals surface area contributed by atoms with Gasteiger partial charge in [-0.1, -0.05) is 41.9 Å². The molecule has 2 atom stereocenters. The molecule has 38 heavy (non-hydrogen) atoms. The van der Waals surface area contributed by atoms with Crippen molar-refractivity contribution in [1.29, 1.82) is 0 Å². The van der Waals surface area contributed by atoms with Crippen LogP contribution >= 0.6 is 11.6 Å². The van der Waals surface area contributed by atoms with Gasteiger partial charge in [-0.05, 0) is 94.0 Å². The van der Waals surface area contributed by atoms with Crippen molar-refractivity contribution < 1.29 is 24.2 Å². The van der Waals surface area contributed by atoms with Gasteiger partial charge in [0.2, 0.25) is 0 Å². The molecule has 2 aromatic rings. The molecule has 0 saturated heterocycles. The summed E-state index contributed by atoms with van der Waals surface area (Å²) in [6.07, 6.45) is 3.72. The monoisotopic (exact) mass is 542 g/mol. The third-order valence-electron chi connectivity index (χ3n) is 7.97. The lowest BCUT2D eigenvalue weighted by molar-refractivity contribution is -0.148. The van der Waals surface area contributed by atoms with Crippen molar-refractivity contribution in [2.75, 3.05) is 19.8 Å². The lowest BCUT2D eigenvalue weighted by Crippen LogP contribution is -2.62. The minimum Gasteiger partial charge on any atom is -0.493 e. The molecular formula is C30H39ClN2O5. The molecule has 1 unspecified atom stereocenters. The summed E-state index contributed by atoms with van der Waals surface area (Å²) in [5, 5.41) is 13.3. The summed E-state index contributed by atoms with van der Waals surface area (Å²) in [5.41, 5.74) is 2.90. The number of hydrogen-bond donors (Lipinski definition) is 2. The number of carboxylic acids is 1. The summed E-state index contributed by atoms with van der Waals surface area (Å²) in [6.45, 7) is 9.04. The van der Waals surface area contributed by atoms with Gasteiger partial charge in [0, 0.05) is 11.6 Å². The molecule has 0 heterocycles. The van der Waals surface area contributed by atoms with Crippen LogP contribution in [0.2, 0.25) is 5.02 Å². The Hall–Kier alpha value is -2.77. The normalized spacial score (nSPS) is 17.7. The Bertz CT molecular complexity index is 1160. The van der Waals surface area contributed by atoms with Gasteiger partial charge in [0.25, 0.3) is 0 Å². The van der Waals surface area contributed by atoms with Crippen LogP contribution in [-0.4, -0.2) is 47.3 Å². The predicted molar refractivity (Wildman–Crippen MR) is 148 cm³/mol. The van der Waals surface area contributed by atoms with Crippen LogP contribution in [0.5, 0.6) is 5.75 Å². The van der Waals surface area contributed by atoms with Crippen molar-refractivity contribution in [2.45, 2.75) is 83.4 Å². The van der Waals surface area contributed by atoms with Crippen LogP contribution in [-0.2, 0) is 9.53 Å². The minimum absolute atomic E-state index is 0.259. The second kappa shape index (κ2) is 12.0. The fourth-order valence-electron chi connectivity index (χ4n) is 5.29. The molecule has 206 valence electrons. The smallest absolute Gasteiger partial charge is 0.329 e. The molecule has 0 aliphatic heterocycles. The number of ether oxygens (including phenoxy) is 2. The van der Waals surface area contributed by atoms with Gasteiger partial charge in [0.15, 0.2) is 0 Å². The van der Waals surface area contributed by atoms with Crippen molar-refractivity contribution >= 4 is 23.6 Å². The van der Waals surface area contributed by atoms with E-state index in [0.717, 1.165) is 28.9 Å². The fourth-order valence-corrected chi connectivity index (χ4v) is 5.58. The van der Waals surface area contributed by atoms with Crippen LogP contribution in [0.3, 0.4) is 0 Å². The maximum Gasteiger partial charge on any atom is 0.329 e. The lowest BCUT2D eigenvalue weighted by Gasteiger charge is -2.41. The van der Waals surface area contributed by atoms with Crippen LogP contribution in [0.1, 0.15) is 93.2 Å². The highest BCUT2D eigenvalue weighted by Gasteiger charge is 2.46. The van der Waals surface area contributed by atoms with Crippen molar-refractivity contribution in [2.24, 2.45) is 0 Å². The molecule has 7 nitrogen and oxygen atoms in total. The van der Waals surface area contributed by atoms with E-state index < -0.39 is 17.5 Å². The van der Waals surface area contributed by atoms with Crippen LogP contribution in [0.15, 0.2) is 36.4 Å². The zero-order chi connectivity index (χ0) is 27.4. The topological polar surface area (TPSA) is 88.1 Å². The number of carbonyl (C=O) groups excluding carboxylic acids is 1. The summed E-state index contributed by atoms with van der Waals surface area (Å²) in [4.78, 5) is 27.3. The summed E-state index contributed by atoms with van der Waals surface area (Å²) in [5.74, 6) is 0.453. The number of carboxylic acid groups (broad SMARTS) is 1. The largest absolute Gasteiger partial charge is 0.493 e. The number of halogens is 1. The number of rotatable bonds is 12. The Labute approximate surface area is 230 Å². The first-order valence-corrected chi connectivity index (χ1v) is 14.0. The first-order chi connectivity index (χ1) is 18.2. The molecule has 2 aromatic carbocycles. The summed E-state index contributed by atoms with van der Waals surface area (Å²) >= 11 is 6.34. The van der Waals surface area contributed by atoms with Gasteiger partial charge in [-0.25, -0.2) is 9.59 Å². The Kier molecular flexibility index (Phi) is 8.89. The average molecular weight is 543 g/mol. The zero-order valence-corrected chi connectivity index (χ0v) is 23.5. The highest BCUT2D eigenvalue weighted by atomic mass is 35.5. The standard InChI is InChI=1S/C30H39ClN2O5/c1-5-37-27-19(2)23(13-14-25(27)22-11-12-22)20(3)33(29(36)32-30(28(34)35)15-8-16-30)17-18-38-21(4)24-9-6-7-10-26(24)31/h6-7,9-10,13-14,20-22H,5,8,11-12,15-18H2,1-4H3,(H,32,36)(H,34,35)/t20-,21?/m1/s1. The number of benzene rings is 2. The molecular weight excluding hydrogens is 504 g/mol. The molecule has 2 aliphatic carbocycles. The van der Waals surface area contributed by atoms with Crippen LogP contribution < -0.4 is 10.1 Å². The predicted octanol–water partition coefficient (Wildman–Crippen LogP) is 6.78. The average Bonchev–Trinajstić information content (AvgIpc) is 3.70. The van der Waals surface area contributed by atoms with Gasteiger partial charge < -0.3 is 24.8 Å².